The molecule has 1 unspecified atom stereocenters. The van der Waals surface area contributed by atoms with Gasteiger partial charge in [-0.15, -0.1) is 0 Å². The maximum absolute atomic E-state index is 10.7. The van der Waals surface area contributed by atoms with Crippen LogP contribution in [0.4, 0.5) is 0 Å². The van der Waals surface area contributed by atoms with Crippen LogP contribution >= 0.6 is 7.82 Å². The van der Waals surface area contributed by atoms with Gasteiger partial charge in [-0.25, -0.2) is 0 Å². The van der Waals surface area contributed by atoms with E-state index in [2.05, 4.69) is 18.4 Å². The van der Waals surface area contributed by atoms with Gasteiger partial charge >= 0.3 is 103 Å². The van der Waals surface area contributed by atoms with Crippen LogP contribution in [0, 0.1) is 5.92 Å². The van der Waals surface area contributed by atoms with Crippen LogP contribution < -0.4 is 113 Å². The molecular weight excluding hydrogens is 389 g/mol. The third kappa shape index (κ3) is 27.4. The van der Waals surface area contributed by atoms with Gasteiger partial charge in [-0.1, -0.05) is 90.9 Å². The maximum atomic E-state index is 10.7. The Bertz CT molecular complexity index is 301. The number of phosphoric ester groups is 1. The molecule has 0 aliphatic heterocycles. The molecule has 25 heavy (non-hydrogen) atoms. The van der Waals surface area contributed by atoms with Gasteiger partial charge in [-0.05, 0) is 18.8 Å². The fraction of sp³-hybridized carbons (Fsp3) is 1.00. The third-order valence-corrected chi connectivity index (χ3v) is 4.87. The van der Waals surface area contributed by atoms with Crippen molar-refractivity contribution in [3.05, 3.63) is 0 Å². The molecule has 0 aromatic rings. The Labute approximate surface area is 241 Å². The molecule has 0 heterocycles. The molecule has 7 heteroatoms. The number of rotatable bonds is 17. The zero-order chi connectivity index (χ0) is 17.4. The maximum Gasteiger partial charge on any atom is 1.00 e. The fourth-order valence-corrected chi connectivity index (χ4v) is 3.33. The molecule has 0 aliphatic carbocycles. The molecule has 0 fully saturated rings. The van der Waals surface area contributed by atoms with Gasteiger partial charge in [-0.3, -0.25) is 0 Å². The van der Waals surface area contributed by atoms with Crippen molar-refractivity contribution < 1.29 is 122 Å². The molecule has 140 valence electrons. The minimum Gasteiger partial charge on any atom is -0.790 e. The monoisotopic (exact) mass is 426 g/mol. The summed E-state index contributed by atoms with van der Waals surface area (Å²) >= 11 is 0. The van der Waals surface area contributed by atoms with Gasteiger partial charge in [0.1, 0.15) is 0 Å². The molecule has 0 rings (SSSR count). The van der Waals surface area contributed by atoms with Crippen molar-refractivity contribution in [3.8, 4) is 0 Å². The van der Waals surface area contributed by atoms with Gasteiger partial charge in [0.25, 0.3) is 0 Å². The van der Waals surface area contributed by atoms with Crippen LogP contribution in [-0.2, 0) is 9.09 Å². The van der Waals surface area contributed by atoms with Crippen LogP contribution in [0.3, 0.4) is 0 Å². The van der Waals surface area contributed by atoms with Gasteiger partial charge in [-0.2, -0.15) is 0 Å². The normalized spacial score (nSPS) is 12.3. The van der Waals surface area contributed by atoms with E-state index in [0.717, 1.165) is 25.7 Å². The molecule has 0 aliphatic rings. The molecule has 0 aromatic heterocycles. The van der Waals surface area contributed by atoms with Crippen LogP contribution in [0.1, 0.15) is 104 Å². The zero-order valence-electron chi connectivity index (χ0n) is 17.3. The van der Waals surface area contributed by atoms with Crippen LogP contribution in [-0.4, -0.2) is 6.61 Å². The summed E-state index contributed by atoms with van der Waals surface area (Å²) in [6.45, 7) is 4.48. The Morgan fingerprint density at radius 3 is 1.48 bits per heavy atom. The summed E-state index contributed by atoms with van der Waals surface area (Å²) in [4.78, 5) is 21.3. The van der Waals surface area contributed by atoms with Gasteiger partial charge in [0.05, 0.1) is 14.4 Å². The average molecular weight is 427 g/mol. The van der Waals surface area contributed by atoms with E-state index in [1.54, 1.807) is 0 Å². The first-order valence-corrected chi connectivity index (χ1v) is 11.1. The zero-order valence-corrected chi connectivity index (χ0v) is 24.4. The molecule has 0 radical (unpaired) electrons. The largest absolute Gasteiger partial charge is 1.00 e. The van der Waals surface area contributed by atoms with Crippen molar-refractivity contribution in [1.29, 1.82) is 0 Å². The van der Waals surface area contributed by atoms with Crippen molar-refractivity contribution in [2.45, 2.75) is 104 Å². The van der Waals surface area contributed by atoms with E-state index in [1.807, 2.05) is 0 Å². The summed E-state index contributed by atoms with van der Waals surface area (Å²) in [5, 5.41) is 0. The van der Waals surface area contributed by atoms with E-state index < -0.39 is 7.82 Å². The van der Waals surface area contributed by atoms with Gasteiger partial charge in [0.2, 0.25) is 0 Å². The van der Waals surface area contributed by atoms with Crippen LogP contribution in [0.5, 0.6) is 0 Å². The number of phosphoric acid groups is 1. The summed E-state index contributed by atoms with van der Waals surface area (Å²) in [6, 6.07) is 0. The Morgan fingerprint density at radius 2 is 1.08 bits per heavy atom. The van der Waals surface area contributed by atoms with Gasteiger partial charge in [0, 0.05) is 0 Å². The Kier molecular flexibility index (Phi) is 31.3. The molecular formula is C18H37K2O4P. The second kappa shape index (κ2) is 23.7. The van der Waals surface area contributed by atoms with Crippen LogP contribution in [0.15, 0.2) is 0 Å². The smallest absolute Gasteiger partial charge is 0.790 e. The first-order valence-electron chi connectivity index (χ1n) is 9.66. The predicted molar refractivity (Wildman–Crippen MR) is 93.0 cm³/mol. The summed E-state index contributed by atoms with van der Waals surface area (Å²) in [7, 11) is -4.83. The Morgan fingerprint density at radius 1 is 0.720 bits per heavy atom. The molecule has 0 saturated carbocycles. The summed E-state index contributed by atoms with van der Waals surface area (Å²) in [6.07, 6.45) is 16.8. The minimum absolute atomic E-state index is 0. The Hall–Kier alpha value is 3.38. The van der Waals surface area contributed by atoms with Crippen LogP contribution in [0.2, 0.25) is 0 Å². The standard InChI is InChI=1S/C18H39O4P.2K/c1-3-5-7-9-10-11-12-14-16-18(15-13-8-6-4-2)17-22-23(19,20)21;;/h18H,3-17H2,1-2H3,(H2,19,20,21);;/q;2*+1/p-2. The summed E-state index contributed by atoms with van der Waals surface area (Å²) in [5.74, 6) is 0.211. The van der Waals surface area contributed by atoms with Gasteiger partial charge in [0.15, 0.2) is 0 Å². The first-order chi connectivity index (χ1) is 11.0. The van der Waals surface area contributed by atoms with Crippen molar-refractivity contribution in [1.82, 2.24) is 0 Å². The van der Waals surface area contributed by atoms with E-state index in [1.165, 1.54) is 64.2 Å². The van der Waals surface area contributed by atoms with Crippen molar-refractivity contribution in [3.63, 3.8) is 0 Å². The minimum atomic E-state index is -4.83. The second-order valence-electron chi connectivity index (χ2n) is 6.72. The fourth-order valence-electron chi connectivity index (χ4n) is 2.93. The quantitative estimate of drug-likeness (QED) is 0.169. The molecule has 0 amide bonds. The van der Waals surface area contributed by atoms with Crippen molar-refractivity contribution in [2.75, 3.05) is 6.61 Å². The van der Waals surface area contributed by atoms with E-state index in [9.17, 15) is 14.4 Å². The van der Waals surface area contributed by atoms with E-state index in [4.69, 9.17) is 0 Å². The van der Waals surface area contributed by atoms with E-state index in [-0.39, 0.29) is 115 Å². The molecule has 0 bridgehead atoms. The average Bonchev–Trinajstić information content (AvgIpc) is 2.50. The molecule has 4 nitrogen and oxygen atoms in total. The predicted octanol–water partition coefficient (Wildman–Crippen LogP) is -1.04. The number of unbranched alkanes of at least 4 members (excludes halogenated alkanes) is 10. The van der Waals surface area contributed by atoms with Gasteiger partial charge < -0.3 is 18.9 Å². The van der Waals surface area contributed by atoms with E-state index in [0.29, 0.717) is 0 Å². The van der Waals surface area contributed by atoms with Crippen molar-refractivity contribution in [2.24, 2.45) is 5.92 Å². The first kappa shape index (κ1) is 33.0. The third-order valence-electron chi connectivity index (χ3n) is 4.40. The topological polar surface area (TPSA) is 72.4 Å². The summed E-state index contributed by atoms with van der Waals surface area (Å²) < 4.78 is 15.2. The Balaban J connectivity index is -0.00000242. The van der Waals surface area contributed by atoms with E-state index >= 15 is 0 Å². The number of hydrogen-bond acceptors (Lipinski definition) is 4. The summed E-state index contributed by atoms with van der Waals surface area (Å²) in [5.41, 5.74) is 0. The van der Waals surface area contributed by atoms with Crippen molar-refractivity contribution >= 4 is 7.82 Å². The molecule has 0 spiro atoms. The molecule has 1 atom stereocenters. The SMILES string of the molecule is CCCCCCCCCCC(CCCCCC)COP(=O)([O-])[O-].[K+].[K+]. The molecule has 0 aromatic carbocycles. The molecule has 0 saturated heterocycles. The van der Waals surface area contributed by atoms with Crippen LogP contribution in [0.25, 0.3) is 0 Å². The second-order valence-corrected chi connectivity index (χ2v) is 7.87. The molecule has 0 N–H and O–H groups in total. The number of hydrogen-bond donors (Lipinski definition) is 0.